The molecule has 3 aromatic carbocycles. The van der Waals surface area contributed by atoms with E-state index in [1.165, 1.54) is 0 Å². The normalized spacial score (nSPS) is 9.96. The predicted octanol–water partition coefficient (Wildman–Crippen LogP) is 4.53. The lowest BCUT2D eigenvalue weighted by Crippen LogP contribution is -1.99. The molecule has 0 atom stereocenters. The number of nitriles is 1. The van der Waals surface area contributed by atoms with Crippen LogP contribution in [0.4, 0.5) is 0 Å². The van der Waals surface area contributed by atoms with Gasteiger partial charge in [-0.2, -0.15) is 5.26 Å². The van der Waals surface area contributed by atoms with Crippen LogP contribution in [0.15, 0.2) is 72.8 Å². The molecule has 3 aromatic rings. The van der Waals surface area contributed by atoms with E-state index in [9.17, 15) is 4.79 Å². The Balaban J connectivity index is 1.68. The van der Waals surface area contributed by atoms with Crippen LogP contribution in [0.3, 0.4) is 0 Å². The highest BCUT2D eigenvalue weighted by Gasteiger charge is 2.05. The second kappa shape index (κ2) is 8.50. The number of ether oxygens (including phenoxy) is 2. The van der Waals surface area contributed by atoms with Gasteiger partial charge >= 0.3 is 0 Å². The summed E-state index contributed by atoms with van der Waals surface area (Å²) in [6, 6.07) is 24.2. The van der Waals surface area contributed by atoms with E-state index in [1.54, 1.807) is 30.3 Å². The molecule has 128 valence electrons. The van der Waals surface area contributed by atoms with E-state index < -0.39 is 0 Å². The van der Waals surface area contributed by atoms with Gasteiger partial charge in [0, 0.05) is 11.6 Å². The van der Waals surface area contributed by atoms with Crippen molar-refractivity contribution in [1.82, 2.24) is 0 Å². The summed E-state index contributed by atoms with van der Waals surface area (Å²) in [5.74, 6) is 1.13. The Morgan fingerprint density at radius 3 is 1.92 bits per heavy atom. The van der Waals surface area contributed by atoms with Crippen molar-refractivity contribution in [2.75, 3.05) is 0 Å². The highest BCUT2D eigenvalue weighted by Crippen LogP contribution is 2.24. The molecular weight excluding hydrogens is 326 g/mol. The average Bonchev–Trinajstić information content (AvgIpc) is 2.71. The maximum Gasteiger partial charge on any atom is 0.150 e. The number of benzene rings is 3. The molecule has 0 aliphatic carbocycles. The van der Waals surface area contributed by atoms with E-state index in [2.05, 4.69) is 6.07 Å². The molecule has 26 heavy (non-hydrogen) atoms. The first-order valence-corrected chi connectivity index (χ1v) is 8.15. The van der Waals surface area contributed by atoms with Gasteiger partial charge in [0.05, 0.1) is 11.6 Å². The standard InChI is InChI=1S/C22H17NO3/c23-13-17-6-8-19(9-7-17)16-26-22-11-20(14-24)10-21(12-22)25-15-18-4-2-1-3-5-18/h1-12,14H,15-16H2. The Kier molecular flexibility index (Phi) is 5.64. The molecule has 0 amide bonds. The third-order valence-electron chi connectivity index (χ3n) is 3.78. The molecule has 4 heteroatoms. The second-order valence-corrected chi connectivity index (χ2v) is 5.73. The molecule has 0 radical (unpaired) electrons. The van der Waals surface area contributed by atoms with Gasteiger partial charge in [-0.25, -0.2) is 0 Å². The van der Waals surface area contributed by atoms with Crippen molar-refractivity contribution in [1.29, 1.82) is 5.26 Å². The van der Waals surface area contributed by atoms with Gasteiger partial charge < -0.3 is 9.47 Å². The van der Waals surface area contributed by atoms with Crippen LogP contribution in [0.25, 0.3) is 0 Å². The van der Waals surface area contributed by atoms with Crippen LogP contribution in [-0.2, 0) is 13.2 Å². The molecule has 0 aromatic heterocycles. The zero-order valence-electron chi connectivity index (χ0n) is 14.1. The summed E-state index contributed by atoms with van der Waals surface area (Å²) in [6.07, 6.45) is 0.768. The van der Waals surface area contributed by atoms with E-state index in [-0.39, 0.29) is 0 Å². The minimum Gasteiger partial charge on any atom is -0.489 e. The first-order chi connectivity index (χ1) is 12.8. The Morgan fingerprint density at radius 2 is 1.38 bits per heavy atom. The molecular formula is C22H17NO3. The number of carbonyl (C=O) groups is 1. The first kappa shape index (κ1) is 17.2. The molecule has 0 aliphatic rings. The van der Waals surface area contributed by atoms with E-state index in [0.717, 1.165) is 17.4 Å². The van der Waals surface area contributed by atoms with Gasteiger partial charge in [0.2, 0.25) is 0 Å². The lowest BCUT2D eigenvalue weighted by Gasteiger charge is -2.11. The van der Waals surface area contributed by atoms with Crippen molar-refractivity contribution in [2.45, 2.75) is 13.2 Å². The summed E-state index contributed by atoms with van der Waals surface area (Å²) in [5.41, 5.74) is 3.08. The Hall–Kier alpha value is -3.58. The lowest BCUT2D eigenvalue weighted by atomic mass is 10.1. The molecule has 0 unspecified atom stereocenters. The van der Waals surface area contributed by atoms with E-state index in [0.29, 0.717) is 35.8 Å². The van der Waals surface area contributed by atoms with Crippen LogP contribution < -0.4 is 9.47 Å². The van der Waals surface area contributed by atoms with Crippen LogP contribution in [0.5, 0.6) is 11.5 Å². The molecule has 0 bridgehead atoms. The summed E-state index contributed by atoms with van der Waals surface area (Å²) in [7, 11) is 0. The Bertz CT molecular complexity index is 912. The largest absolute Gasteiger partial charge is 0.489 e. The fourth-order valence-corrected chi connectivity index (χ4v) is 2.41. The van der Waals surface area contributed by atoms with Gasteiger partial charge in [-0.3, -0.25) is 4.79 Å². The van der Waals surface area contributed by atoms with E-state index in [1.807, 2.05) is 42.5 Å². The molecule has 0 spiro atoms. The van der Waals surface area contributed by atoms with Gasteiger partial charge in [0.15, 0.2) is 0 Å². The zero-order valence-corrected chi connectivity index (χ0v) is 14.1. The predicted molar refractivity (Wildman–Crippen MR) is 98.1 cm³/mol. The zero-order chi connectivity index (χ0) is 18.2. The summed E-state index contributed by atoms with van der Waals surface area (Å²) in [4.78, 5) is 11.2. The SMILES string of the molecule is N#Cc1ccc(COc2cc(C=O)cc(OCc3ccccc3)c2)cc1. The number of aldehydes is 1. The van der Waals surface area contributed by atoms with Crippen molar-refractivity contribution >= 4 is 6.29 Å². The molecule has 3 rings (SSSR count). The molecule has 0 saturated heterocycles. The van der Waals surface area contributed by atoms with Crippen molar-refractivity contribution < 1.29 is 14.3 Å². The van der Waals surface area contributed by atoms with Gasteiger partial charge in [0.25, 0.3) is 0 Å². The van der Waals surface area contributed by atoms with Crippen LogP contribution in [0.2, 0.25) is 0 Å². The molecule has 0 saturated carbocycles. The quantitative estimate of drug-likeness (QED) is 0.591. The van der Waals surface area contributed by atoms with E-state index in [4.69, 9.17) is 14.7 Å². The molecule has 4 nitrogen and oxygen atoms in total. The molecule has 0 heterocycles. The van der Waals surface area contributed by atoms with Gasteiger partial charge in [-0.15, -0.1) is 0 Å². The Morgan fingerprint density at radius 1 is 0.808 bits per heavy atom. The summed E-state index contributed by atoms with van der Waals surface area (Å²) >= 11 is 0. The number of hydrogen-bond acceptors (Lipinski definition) is 4. The van der Waals surface area contributed by atoms with Crippen molar-refractivity contribution in [2.24, 2.45) is 0 Å². The van der Waals surface area contributed by atoms with Crippen LogP contribution in [-0.4, -0.2) is 6.29 Å². The van der Waals surface area contributed by atoms with Gasteiger partial charge in [-0.05, 0) is 35.4 Å². The van der Waals surface area contributed by atoms with Gasteiger partial charge in [0.1, 0.15) is 31.0 Å². The van der Waals surface area contributed by atoms with E-state index >= 15 is 0 Å². The van der Waals surface area contributed by atoms with Crippen molar-refractivity contribution in [3.8, 4) is 17.6 Å². The van der Waals surface area contributed by atoms with Crippen LogP contribution in [0, 0.1) is 11.3 Å². The fourth-order valence-electron chi connectivity index (χ4n) is 2.41. The van der Waals surface area contributed by atoms with Gasteiger partial charge in [-0.1, -0.05) is 42.5 Å². The number of carbonyl (C=O) groups excluding carboxylic acids is 1. The highest BCUT2D eigenvalue weighted by molar-refractivity contribution is 5.76. The third-order valence-corrected chi connectivity index (χ3v) is 3.78. The third kappa shape index (κ3) is 4.71. The van der Waals surface area contributed by atoms with Crippen LogP contribution >= 0.6 is 0 Å². The number of hydrogen-bond donors (Lipinski definition) is 0. The average molecular weight is 343 g/mol. The molecule has 0 fully saturated rings. The fraction of sp³-hybridized carbons (Fsp3) is 0.0909. The molecule has 0 aliphatic heterocycles. The topological polar surface area (TPSA) is 59.3 Å². The lowest BCUT2D eigenvalue weighted by molar-refractivity contribution is 0.112. The monoisotopic (exact) mass is 343 g/mol. The highest BCUT2D eigenvalue weighted by atomic mass is 16.5. The summed E-state index contributed by atoms with van der Waals surface area (Å²) in [5, 5.41) is 8.83. The maximum absolute atomic E-state index is 11.2. The van der Waals surface area contributed by atoms with Crippen molar-refractivity contribution in [3.05, 3.63) is 95.1 Å². The molecule has 0 N–H and O–H groups in total. The second-order valence-electron chi connectivity index (χ2n) is 5.73. The number of nitrogens with zero attached hydrogens (tertiary/aromatic N) is 1. The summed E-state index contributed by atoms with van der Waals surface area (Å²) < 4.78 is 11.6. The van der Waals surface area contributed by atoms with Crippen molar-refractivity contribution in [3.63, 3.8) is 0 Å². The maximum atomic E-state index is 11.2. The minimum absolute atomic E-state index is 0.339. The number of rotatable bonds is 7. The smallest absolute Gasteiger partial charge is 0.150 e. The first-order valence-electron chi connectivity index (χ1n) is 8.15. The minimum atomic E-state index is 0.339. The van der Waals surface area contributed by atoms with Crippen LogP contribution in [0.1, 0.15) is 27.0 Å². The Labute approximate surface area is 152 Å². The summed E-state index contributed by atoms with van der Waals surface area (Å²) in [6.45, 7) is 0.754.